The van der Waals surface area contributed by atoms with Gasteiger partial charge in [0, 0.05) is 31.4 Å². The van der Waals surface area contributed by atoms with Crippen molar-refractivity contribution in [2.75, 3.05) is 13.1 Å². The molecule has 14 heteroatoms. The first-order valence-electron chi connectivity index (χ1n) is 12.7. The highest BCUT2D eigenvalue weighted by molar-refractivity contribution is 7.92. The van der Waals surface area contributed by atoms with Gasteiger partial charge in [-0.15, -0.1) is 13.2 Å². The lowest BCUT2D eigenvalue weighted by atomic mass is 9.85. The Kier molecular flexibility index (Phi) is 8.24. The maximum absolute atomic E-state index is 13.5. The fourth-order valence-electron chi connectivity index (χ4n) is 5.03. The summed E-state index contributed by atoms with van der Waals surface area (Å²) in [6, 6.07) is 10.6. The molecular weight excluding hydrogens is 590 g/mol. The van der Waals surface area contributed by atoms with Crippen molar-refractivity contribution in [3.05, 3.63) is 88.3 Å². The Morgan fingerprint density at radius 2 is 1.57 bits per heavy atom. The number of carbonyl (C=O) groups is 1. The van der Waals surface area contributed by atoms with E-state index in [9.17, 15) is 44.3 Å². The second-order valence-electron chi connectivity index (χ2n) is 10.3. The van der Waals surface area contributed by atoms with Crippen LogP contribution in [0.2, 0.25) is 0 Å². The largest absolute Gasteiger partial charge is 0.573 e. The lowest BCUT2D eigenvalue weighted by Crippen LogP contribution is -2.47. The Morgan fingerprint density at radius 1 is 0.905 bits per heavy atom. The first-order valence-corrected chi connectivity index (χ1v) is 14.2. The van der Waals surface area contributed by atoms with E-state index in [4.69, 9.17) is 0 Å². The number of alkyl halides is 6. The molecule has 0 aliphatic carbocycles. The molecule has 1 saturated heterocycles. The van der Waals surface area contributed by atoms with Crippen molar-refractivity contribution in [2.45, 2.75) is 48.9 Å². The molecule has 1 amide bonds. The van der Waals surface area contributed by atoms with Crippen molar-refractivity contribution in [1.82, 2.24) is 9.47 Å². The van der Waals surface area contributed by atoms with Gasteiger partial charge in [-0.25, -0.2) is 8.42 Å². The molecule has 1 fully saturated rings. The molecule has 0 N–H and O–H groups in total. The van der Waals surface area contributed by atoms with E-state index in [1.165, 1.54) is 43.1 Å². The Bertz CT molecular complexity index is 1640. The summed E-state index contributed by atoms with van der Waals surface area (Å²) in [5, 5.41) is 0. The summed E-state index contributed by atoms with van der Waals surface area (Å²) in [7, 11) is -4.23. The number of rotatable bonds is 6. The predicted molar refractivity (Wildman–Crippen MR) is 140 cm³/mol. The zero-order valence-corrected chi connectivity index (χ0v) is 23.2. The van der Waals surface area contributed by atoms with Gasteiger partial charge in [0.25, 0.3) is 11.5 Å². The molecule has 42 heavy (non-hydrogen) atoms. The SMILES string of the molecule is CC(C)(C1CCN(C(=O)c2ccc(OC(F)(F)F)cc2-n2ccccc2=O)CC1)S(=O)(=O)c1cccc(C(F)(F)F)c1. The second-order valence-corrected chi connectivity index (χ2v) is 12.9. The number of sulfone groups is 1. The van der Waals surface area contributed by atoms with Gasteiger partial charge in [-0.05, 0) is 69.0 Å². The summed E-state index contributed by atoms with van der Waals surface area (Å²) in [4.78, 5) is 26.9. The molecule has 0 radical (unpaired) electrons. The average Bonchev–Trinajstić information content (AvgIpc) is 2.91. The Labute approximate surface area is 237 Å². The van der Waals surface area contributed by atoms with Gasteiger partial charge in [-0.3, -0.25) is 14.2 Å². The molecule has 0 unspecified atom stereocenters. The van der Waals surface area contributed by atoms with Crippen LogP contribution in [0, 0.1) is 5.92 Å². The quantitative estimate of drug-likeness (QED) is 0.324. The number of piperidine rings is 1. The van der Waals surface area contributed by atoms with Crippen molar-refractivity contribution in [3.8, 4) is 11.4 Å². The lowest BCUT2D eigenvalue weighted by molar-refractivity contribution is -0.274. The number of hydrogen-bond acceptors (Lipinski definition) is 5. The fraction of sp³-hybridized carbons (Fsp3) is 0.357. The van der Waals surface area contributed by atoms with E-state index >= 15 is 0 Å². The van der Waals surface area contributed by atoms with Crippen LogP contribution in [0.4, 0.5) is 26.3 Å². The van der Waals surface area contributed by atoms with Gasteiger partial charge in [0.05, 0.1) is 26.5 Å². The summed E-state index contributed by atoms with van der Waals surface area (Å²) >= 11 is 0. The van der Waals surface area contributed by atoms with E-state index in [0.717, 1.165) is 41.0 Å². The van der Waals surface area contributed by atoms with Gasteiger partial charge in [-0.1, -0.05) is 12.1 Å². The number of likely N-dealkylation sites (tertiary alicyclic amines) is 1. The summed E-state index contributed by atoms with van der Waals surface area (Å²) in [6.45, 7) is 3.00. The number of nitrogens with zero attached hydrogens (tertiary/aromatic N) is 2. The monoisotopic (exact) mass is 616 g/mol. The zero-order valence-electron chi connectivity index (χ0n) is 22.4. The molecule has 1 aliphatic heterocycles. The molecule has 1 aromatic heterocycles. The van der Waals surface area contributed by atoms with Gasteiger partial charge in [0.1, 0.15) is 5.75 Å². The number of carbonyl (C=O) groups excluding carboxylic acids is 1. The minimum atomic E-state index is -5.01. The van der Waals surface area contributed by atoms with Gasteiger partial charge >= 0.3 is 12.5 Å². The van der Waals surface area contributed by atoms with E-state index in [2.05, 4.69) is 4.74 Å². The first-order chi connectivity index (χ1) is 19.4. The summed E-state index contributed by atoms with van der Waals surface area (Å²) in [5.74, 6) is -1.76. The van der Waals surface area contributed by atoms with Gasteiger partial charge < -0.3 is 9.64 Å². The van der Waals surface area contributed by atoms with Gasteiger partial charge in [0.15, 0.2) is 9.84 Å². The van der Waals surface area contributed by atoms with Crippen LogP contribution in [0.15, 0.2) is 76.6 Å². The van der Waals surface area contributed by atoms with Crippen LogP contribution in [-0.2, 0) is 16.0 Å². The van der Waals surface area contributed by atoms with E-state index in [1.54, 1.807) is 0 Å². The number of hydrogen-bond donors (Lipinski definition) is 0. The van der Waals surface area contributed by atoms with Crippen molar-refractivity contribution >= 4 is 15.7 Å². The fourth-order valence-corrected chi connectivity index (χ4v) is 6.85. The first kappa shape index (κ1) is 31.1. The number of halogens is 6. The third-order valence-electron chi connectivity index (χ3n) is 7.44. The molecule has 2 aromatic carbocycles. The van der Waals surface area contributed by atoms with Crippen LogP contribution in [0.5, 0.6) is 5.75 Å². The second kappa shape index (κ2) is 11.1. The lowest BCUT2D eigenvalue weighted by Gasteiger charge is -2.40. The molecule has 0 atom stereocenters. The summed E-state index contributed by atoms with van der Waals surface area (Å²) in [6.07, 6.45) is -8.06. The van der Waals surface area contributed by atoms with Crippen LogP contribution >= 0.6 is 0 Å². The highest BCUT2D eigenvalue weighted by atomic mass is 32.2. The van der Waals surface area contributed by atoms with E-state index in [0.29, 0.717) is 6.07 Å². The summed E-state index contributed by atoms with van der Waals surface area (Å²) in [5.41, 5.74) is -1.90. The normalized spacial score (nSPS) is 15.5. The Hall–Kier alpha value is -3.81. The Balaban J connectivity index is 1.58. The van der Waals surface area contributed by atoms with Crippen molar-refractivity contribution in [3.63, 3.8) is 0 Å². The molecule has 7 nitrogen and oxygen atoms in total. The molecule has 3 aromatic rings. The highest BCUT2D eigenvalue weighted by Crippen LogP contribution is 2.40. The minimum Gasteiger partial charge on any atom is -0.406 e. The highest BCUT2D eigenvalue weighted by Gasteiger charge is 2.45. The summed E-state index contributed by atoms with van der Waals surface area (Å²) < 4.78 is 109. The van der Waals surface area contributed by atoms with Gasteiger partial charge in [0.2, 0.25) is 0 Å². The average molecular weight is 617 g/mol. The smallest absolute Gasteiger partial charge is 0.406 e. The number of amides is 1. The number of aromatic nitrogens is 1. The van der Waals surface area contributed by atoms with Crippen molar-refractivity contribution in [1.29, 1.82) is 0 Å². The van der Waals surface area contributed by atoms with E-state index < -0.39 is 60.7 Å². The van der Waals surface area contributed by atoms with Crippen LogP contribution < -0.4 is 10.3 Å². The molecular formula is C28H26F6N2O5S. The van der Waals surface area contributed by atoms with Crippen molar-refractivity contribution < 1.29 is 44.3 Å². The minimum absolute atomic E-state index is 0.0645. The predicted octanol–water partition coefficient (Wildman–Crippen LogP) is 5.86. The number of ether oxygens (including phenoxy) is 1. The van der Waals surface area contributed by atoms with Crippen LogP contribution in [0.25, 0.3) is 5.69 Å². The third-order valence-corrected chi connectivity index (χ3v) is 10.0. The number of benzene rings is 2. The maximum Gasteiger partial charge on any atom is 0.573 e. The van der Waals surface area contributed by atoms with E-state index in [1.807, 2.05) is 0 Å². The van der Waals surface area contributed by atoms with Gasteiger partial charge in [-0.2, -0.15) is 13.2 Å². The molecule has 0 spiro atoms. The van der Waals surface area contributed by atoms with E-state index in [-0.39, 0.29) is 37.2 Å². The Morgan fingerprint density at radius 3 is 2.17 bits per heavy atom. The number of pyridine rings is 1. The van der Waals surface area contributed by atoms with Crippen LogP contribution in [0.1, 0.15) is 42.6 Å². The van der Waals surface area contributed by atoms with Crippen LogP contribution in [0.3, 0.4) is 0 Å². The maximum atomic E-state index is 13.5. The standard InChI is InChI=1S/C28H26F6N2O5S/c1-26(2,42(39,40)21-7-5-6-19(16-21)27(29,30)31)18-11-14-35(15-12-18)25(38)22-10-9-20(41-28(32,33)34)17-23(22)36-13-4-3-8-24(36)37/h3-10,13,16-18H,11-12,14-15H2,1-2H3. The van der Waals surface area contributed by atoms with Crippen molar-refractivity contribution in [2.24, 2.45) is 5.92 Å². The molecule has 226 valence electrons. The topological polar surface area (TPSA) is 85.7 Å². The molecule has 0 bridgehead atoms. The molecule has 4 rings (SSSR count). The molecule has 2 heterocycles. The molecule has 1 aliphatic rings. The third kappa shape index (κ3) is 6.32. The molecule has 0 saturated carbocycles. The zero-order chi connectivity index (χ0) is 31.1. The van der Waals surface area contributed by atoms with Crippen LogP contribution in [-0.4, -0.2) is 48.0 Å².